The first-order valence-corrected chi connectivity index (χ1v) is 9.01. The number of hydrogen-bond donors (Lipinski definition) is 1. The van der Waals surface area contributed by atoms with Crippen LogP contribution < -0.4 is 5.32 Å². The van der Waals surface area contributed by atoms with Crippen LogP contribution in [0.3, 0.4) is 0 Å². The molecule has 3 aromatic heterocycles. The van der Waals surface area contributed by atoms with Crippen LogP contribution in [0.2, 0.25) is 0 Å². The number of anilines is 2. The number of benzene rings is 2. The number of alkyl halides is 3. The molecular weight excluding hydrogens is 395 g/mol. The van der Waals surface area contributed by atoms with Gasteiger partial charge in [-0.1, -0.05) is 18.2 Å². The van der Waals surface area contributed by atoms with Crippen molar-refractivity contribution in [1.82, 2.24) is 29.4 Å². The van der Waals surface area contributed by atoms with Gasteiger partial charge in [-0.05, 0) is 49.4 Å². The number of rotatable bonds is 3. The zero-order valence-electron chi connectivity index (χ0n) is 15.6. The highest BCUT2D eigenvalue weighted by molar-refractivity contribution is 5.82. The molecule has 0 saturated heterocycles. The van der Waals surface area contributed by atoms with Gasteiger partial charge in [0.2, 0.25) is 0 Å². The van der Waals surface area contributed by atoms with Crippen molar-refractivity contribution in [3.63, 3.8) is 0 Å². The number of nitrogens with one attached hydrogen (secondary N) is 1. The Morgan fingerprint density at radius 2 is 1.73 bits per heavy atom. The Morgan fingerprint density at radius 3 is 2.50 bits per heavy atom. The van der Waals surface area contributed by atoms with E-state index in [-0.39, 0.29) is 11.5 Å². The normalized spacial score (nSPS) is 12.0. The maximum Gasteiger partial charge on any atom is 0.453 e. The van der Waals surface area contributed by atoms with Gasteiger partial charge in [-0.2, -0.15) is 17.7 Å². The lowest BCUT2D eigenvalue weighted by Gasteiger charge is -2.09. The van der Waals surface area contributed by atoms with Crippen LogP contribution in [-0.2, 0) is 6.18 Å². The van der Waals surface area contributed by atoms with Crippen LogP contribution in [0.15, 0.2) is 60.7 Å². The molecule has 0 radical (unpaired) electrons. The Morgan fingerprint density at radius 1 is 0.933 bits per heavy atom. The number of halogens is 3. The van der Waals surface area contributed by atoms with Gasteiger partial charge in [0.25, 0.3) is 5.82 Å². The van der Waals surface area contributed by atoms with Crippen molar-refractivity contribution in [2.75, 3.05) is 5.32 Å². The lowest BCUT2D eigenvalue weighted by Crippen LogP contribution is -2.13. The molecule has 30 heavy (non-hydrogen) atoms. The first-order chi connectivity index (χ1) is 14.4. The van der Waals surface area contributed by atoms with E-state index < -0.39 is 12.0 Å². The molecule has 0 amide bonds. The largest absolute Gasteiger partial charge is 0.453 e. The third-order valence-electron chi connectivity index (χ3n) is 4.63. The van der Waals surface area contributed by atoms with Crippen LogP contribution in [0.25, 0.3) is 22.4 Å². The number of fused-ring (bicyclic) bond motifs is 2. The van der Waals surface area contributed by atoms with Gasteiger partial charge in [0.15, 0.2) is 11.5 Å². The Bertz CT molecular complexity index is 1370. The molecule has 0 fully saturated rings. The molecule has 150 valence electrons. The molecule has 0 saturated carbocycles. The number of hydrogen-bond acceptors (Lipinski definition) is 5. The van der Waals surface area contributed by atoms with Crippen LogP contribution in [0.4, 0.5) is 24.7 Å². The van der Waals surface area contributed by atoms with Gasteiger partial charge in [0.1, 0.15) is 5.82 Å². The fraction of sp³-hybridized carbons (Fsp3) is 0.100. The average Bonchev–Trinajstić information content (AvgIpc) is 3.28. The van der Waals surface area contributed by atoms with Gasteiger partial charge in [-0.3, -0.25) is 4.57 Å². The van der Waals surface area contributed by atoms with Gasteiger partial charge >= 0.3 is 6.18 Å². The monoisotopic (exact) mass is 409 g/mol. The van der Waals surface area contributed by atoms with Crippen molar-refractivity contribution < 1.29 is 13.2 Å². The number of nitrogens with zero attached hydrogens (tertiary/aromatic N) is 6. The highest BCUT2D eigenvalue weighted by Crippen LogP contribution is 2.28. The van der Waals surface area contributed by atoms with Crippen LogP contribution >= 0.6 is 0 Å². The van der Waals surface area contributed by atoms with Crippen LogP contribution in [-0.4, -0.2) is 29.4 Å². The SMILES string of the molecule is Cc1nc2cc(Nc3ccc4nnc(C(F)(F)F)n4n3)ccc2n1-c1ccccc1. The Labute approximate surface area is 167 Å². The van der Waals surface area contributed by atoms with E-state index in [1.54, 1.807) is 6.07 Å². The second kappa shape index (κ2) is 6.55. The van der Waals surface area contributed by atoms with E-state index in [4.69, 9.17) is 0 Å². The molecular formula is C20H14F3N7. The van der Waals surface area contributed by atoms with E-state index in [1.165, 1.54) is 6.07 Å². The number of para-hydroxylation sites is 1. The third-order valence-corrected chi connectivity index (χ3v) is 4.63. The summed E-state index contributed by atoms with van der Waals surface area (Å²) >= 11 is 0. The fourth-order valence-electron chi connectivity index (χ4n) is 3.36. The molecule has 1 N–H and O–H groups in total. The summed E-state index contributed by atoms with van der Waals surface area (Å²) in [4.78, 5) is 4.61. The Balaban J connectivity index is 1.52. The summed E-state index contributed by atoms with van der Waals surface area (Å²) in [6.45, 7) is 1.92. The van der Waals surface area contributed by atoms with E-state index in [0.717, 1.165) is 22.5 Å². The summed E-state index contributed by atoms with van der Waals surface area (Å²) in [6.07, 6.45) is -4.65. The average molecular weight is 409 g/mol. The molecule has 0 atom stereocenters. The third kappa shape index (κ3) is 3.02. The van der Waals surface area contributed by atoms with E-state index in [9.17, 15) is 13.2 Å². The smallest absolute Gasteiger partial charge is 0.339 e. The van der Waals surface area contributed by atoms with Crippen molar-refractivity contribution in [1.29, 1.82) is 0 Å². The molecule has 0 bridgehead atoms. The zero-order valence-corrected chi connectivity index (χ0v) is 15.6. The van der Waals surface area contributed by atoms with Crippen molar-refractivity contribution in [3.8, 4) is 5.69 Å². The molecule has 5 rings (SSSR count). The predicted octanol–water partition coefficient (Wildman–Crippen LogP) is 4.53. The molecule has 0 aliphatic heterocycles. The number of imidazole rings is 1. The van der Waals surface area contributed by atoms with Crippen molar-refractivity contribution >= 4 is 28.2 Å². The lowest BCUT2D eigenvalue weighted by atomic mass is 10.2. The second-order valence-corrected chi connectivity index (χ2v) is 6.67. The van der Waals surface area contributed by atoms with Gasteiger partial charge in [0, 0.05) is 11.4 Å². The van der Waals surface area contributed by atoms with Gasteiger partial charge in [0.05, 0.1) is 11.0 Å². The minimum atomic E-state index is -4.65. The Kier molecular flexibility index (Phi) is 3.95. The van der Waals surface area contributed by atoms with Crippen LogP contribution in [0.5, 0.6) is 0 Å². The minimum absolute atomic E-state index is 0.0144. The second-order valence-electron chi connectivity index (χ2n) is 6.67. The molecule has 5 aromatic rings. The molecule has 0 aliphatic rings. The van der Waals surface area contributed by atoms with Crippen molar-refractivity contribution in [2.45, 2.75) is 13.1 Å². The predicted molar refractivity (Wildman–Crippen MR) is 105 cm³/mol. The van der Waals surface area contributed by atoms with Crippen LogP contribution in [0, 0.1) is 6.92 Å². The highest BCUT2D eigenvalue weighted by Gasteiger charge is 2.37. The van der Waals surface area contributed by atoms with Gasteiger partial charge < -0.3 is 5.32 Å². The molecule has 0 spiro atoms. The van der Waals surface area contributed by atoms with E-state index in [1.807, 2.05) is 60.0 Å². The minimum Gasteiger partial charge on any atom is -0.339 e. The fourth-order valence-corrected chi connectivity index (χ4v) is 3.36. The van der Waals surface area contributed by atoms with Crippen LogP contribution in [0.1, 0.15) is 11.6 Å². The molecule has 7 nitrogen and oxygen atoms in total. The molecule has 2 aromatic carbocycles. The van der Waals surface area contributed by atoms with E-state index >= 15 is 0 Å². The molecule has 10 heteroatoms. The molecule has 0 unspecified atom stereocenters. The number of aromatic nitrogens is 6. The lowest BCUT2D eigenvalue weighted by molar-refractivity contribution is -0.146. The van der Waals surface area contributed by atoms with Gasteiger partial charge in [-0.15, -0.1) is 15.3 Å². The topological polar surface area (TPSA) is 72.9 Å². The molecule has 3 heterocycles. The molecule has 0 aliphatic carbocycles. The van der Waals surface area contributed by atoms with Crippen molar-refractivity contribution in [3.05, 3.63) is 72.3 Å². The standard InChI is InChI=1S/C20H14F3N7/c1-12-24-15-11-13(7-8-16(15)29(12)14-5-3-2-4-6-14)25-17-9-10-18-26-27-19(20(21,22)23)30(18)28-17/h2-11H,1H3,(H,25,28). The quantitative estimate of drug-likeness (QED) is 0.474. The number of aryl methyl sites for hydroxylation is 1. The highest BCUT2D eigenvalue weighted by atomic mass is 19.4. The van der Waals surface area contributed by atoms with Gasteiger partial charge in [-0.25, -0.2) is 4.98 Å². The summed E-state index contributed by atoms with van der Waals surface area (Å²) in [6, 6.07) is 18.4. The summed E-state index contributed by atoms with van der Waals surface area (Å²) in [5, 5.41) is 13.7. The maximum absolute atomic E-state index is 13.1. The zero-order chi connectivity index (χ0) is 20.9. The summed E-state index contributed by atoms with van der Waals surface area (Å²) in [7, 11) is 0. The summed E-state index contributed by atoms with van der Waals surface area (Å²) < 4.78 is 41.9. The first kappa shape index (κ1) is 18.1. The van der Waals surface area contributed by atoms with E-state index in [2.05, 4.69) is 25.6 Å². The van der Waals surface area contributed by atoms with Crippen molar-refractivity contribution in [2.24, 2.45) is 0 Å². The van der Waals surface area contributed by atoms with E-state index in [0.29, 0.717) is 10.2 Å². The summed E-state index contributed by atoms with van der Waals surface area (Å²) in [5.41, 5.74) is 3.33. The first-order valence-electron chi connectivity index (χ1n) is 9.01. The Hall–Kier alpha value is -3.95. The maximum atomic E-state index is 13.1. The summed E-state index contributed by atoms with van der Waals surface area (Å²) in [5.74, 6) is -0.118.